The molecule has 1 aromatic rings. The van der Waals surface area contributed by atoms with Crippen LogP contribution in [0.25, 0.3) is 0 Å². The number of rotatable bonds is 6. The van der Waals surface area contributed by atoms with Gasteiger partial charge in [-0.15, -0.1) is 0 Å². The van der Waals surface area contributed by atoms with Crippen molar-refractivity contribution in [2.75, 3.05) is 6.54 Å². The molecule has 0 aliphatic rings. The van der Waals surface area contributed by atoms with E-state index >= 15 is 0 Å². The number of benzene rings is 1. The van der Waals surface area contributed by atoms with Crippen molar-refractivity contribution < 1.29 is 19.7 Å². The Morgan fingerprint density at radius 2 is 2.21 bits per heavy atom. The van der Waals surface area contributed by atoms with Crippen molar-refractivity contribution in [1.82, 2.24) is 0 Å². The van der Waals surface area contributed by atoms with Gasteiger partial charge in [0.2, 0.25) is 5.60 Å². The van der Waals surface area contributed by atoms with Crippen molar-refractivity contribution >= 4 is 5.97 Å². The molecule has 1 rings (SSSR count). The molecule has 6 heteroatoms. The van der Waals surface area contributed by atoms with Crippen LogP contribution in [0.2, 0.25) is 0 Å². The summed E-state index contributed by atoms with van der Waals surface area (Å²) >= 11 is 0. The summed E-state index contributed by atoms with van der Waals surface area (Å²) in [7, 11) is 0. The average Bonchev–Trinajstić information content (AvgIpc) is 2.37. The van der Waals surface area contributed by atoms with E-state index in [1.54, 1.807) is 12.1 Å². The molecule has 19 heavy (non-hydrogen) atoms. The predicted molar refractivity (Wildman–Crippen MR) is 67.5 cm³/mol. The van der Waals surface area contributed by atoms with Gasteiger partial charge in [-0.2, -0.15) is 5.26 Å². The van der Waals surface area contributed by atoms with Crippen LogP contribution in [-0.2, 0) is 4.79 Å². The Hall–Kier alpha value is -2.10. The summed E-state index contributed by atoms with van der Waals surface area (Å²) in [5.74, 6) is -1.14. The molecular formula is C13H16N2O4. The van der Waals surface area contributed by atoms with E-state index in [4.69, 9.17) is 15.7 Å². The highest BCUT2D eigenvalue weighted by Crippen LogP contribution is 2.25. The summed E-state index contributed by atoms with van der Waals surface area (Å²) in [6.07, 6.45) is -1.06. The number of nitriles is 1. The molecule has 4 N–H and O–H groups in total. The molecule has 102 valence electrons. The van der Waals surface area contributed by atoms with Crippen LogP contribution in [0.1, 0.15) is 18.9 Å². The first-order valence-corrected chi connectivity index (χ1v) is 5.75. The lowest BCUT2D eigenvalue weighted by molar-refractivity contribution is -0.157. The van der Waals surface area contributed by atoms with Gasteiger partial charge in [-0.25, -0.2) is 4.79 Å². The van der Waals surface area contributed by atoms with Crippen molar-refractivity contribution in [2.45, 2.75) is 25.0 Å². The molecule has 1 aromatic carbocycles. The van der Waals surface area contributed by atoms with Crippen molar-refractivity contribution in [1.29, 1.82) is 5.26 Å². The van der Waals surface area contributed by atoms with Crippen molar-refractivity contribution in [3.8, 4) is 11.8 Å². The van der Waals surface area contributed by atoms with Crippen molar-refractivity contribution in [3.05, 3.63) is 29.8 Å². The number of aliphatic hydroxyl groups is 1. The molecule has 0 amide bonds. The average molecular weight is 264 g/mol. The molecular weight excluding hydrogens is 248 g/mol. The maximum atomic E-state index is 11.4. The second-order valence-electron chi connectivity index (χ2n) is 4.27. The lowest BCUT2D eigenvalue weighted by Gasteiger charge is -2.30. The minimum absolute atomic E-state index is 0.138. The zero-order valence-electron chi connectivity index (χ0n) is 10.5. The Morgan fingerprint density at radius 3 is 2.68 bits per heavy atom. The van der Waals surface area contributed by atoms with Gasteiger partial charge in [-0.05, 0) is 19.1 Å². The number of carbonyl (C=O) groups is 1. The van der Waals surface area contributed by atoms with Crippen LogP contribution in [0.4, 0.5) is 0 Å². The molecule has 0 aromatic heterocycles. The molecule has 0 heterocycles. The van der Waals surface area contributed by atoms with E-state index in [0.29, 0.717) is 0 Å². The summed E-state index contributed by atoms with van der Waals surface area (Å²) in [5, 5.41) is 27.7. The largest absolute Gasteiger partial charge is 0.478 e. The highest BCUT2D eigenvalue weighted by atomic mass is 16.5. The second kappa shape index (κ2) is 6.18. The zero-order valence-corrected chi connectivity index (χ0v) is 10.5. The number of para-hydroxylation sites is 1. The minimum atomic E-state index is -1.75. The van der Waals surface area contributed by atoms with E-state index in [1.807, 2.05) is 6.07 Å². The quantitative estimate of drug-likeness (QED) is 0.688. The summed E-state index contributed by atoms with van der Waals surface area (Å²) in [5.41, 5.74) is 3.96. The third-order valence-electron chi connectivity index (χ3n) is 2.66. The van der Waals surface area contributed by atoms with Crippen molar-refractivity contribution in [2.24, 2.45) is 5.73 Å². The van der Waals surface area contributed by atoms with Crippen LogP contribution in [0.5, 0.6) is 5.75 Å². The van der Waals surface area contributed by atoms with Gasteiger partial charge in [0.1, 0.15) is 11.8 Å². The van der Waals surface area contributed by atoms with Crippen LogP contribution >= 0.6 is 0 Å². The minimum Gasteiger partial charge on any atom is -0.478 e. The summed E-state index contributed by atoms with van der Waals surface area (Å²) in [4.78, 5) is 11.4. The molecule has 6 nitrogen and oxygen atoms in total. The molecule has 0 bridgehead atoms. The van der Waals surface area contributed by atoms with Crippen LogP contribution in [-0.4, -0.2) is 34.4 Å². The number of hydrogen-bond donors (Lipinski definition) is 3. The van der Waals surface area contributed by atoms with Gasteiger partial charge in [0.05, 0.1) is 11.7 Å². The summed E-state index contributed by atoms with van der Waals surface area (Å²) in [6, 6.07) is 8.19. The zero-order chi connectivity index (χ0) is 14.5. The molecule has 2 atom stereocenters. The van der Waals surface area contributed by atoms with E-state index < -0.39 is 17.7 Å². The first-order chi connectivity index (χ1) is 8.95. The van der Waals surface area contributed by atoms with Crippen molar-refractivity contribution in [3.63, 3.8) is 0 Å². The number of aliphatic carboxylic acids is 1. The fraction of sp³-hybridized carbons (Fsp3) is 0.385. The highest BCUT2D eigenvalue weighted by Gasteiger charge is 2.41. The van der Waals surface area contributed by atoms with Gasteiger partial charge in [-0.1, -0.05) is 12.1 Å². The van der Waals surface area contributed by atoms with Crippen LogP contribution in [0.3, 0.4) is 0 Å². The number of ether oxygens (including phenoxy) is 1. The fourth-order valence-electron chi connectivity index (χ4n) is 1.72. The number of carboxylic acid groups (broad SMARTS) is 1. The van der Waals surface area contributed by atoms with Gasteiger partial charge in [-0.3, -0.25) is 0 Å². The second-order valence-corrected chi connectivity index (χ2v) is 4.27. The Balaban J connectivity index is 3.14. The highest BCUT2D eigenvalue weighted by molar-refractivity contribution is 5.78. The third-order valence-corrected chi connectivity index (χ3v) is 2.66. The van der Waals surface area contributed by atoms with Gasteiger partial charge in [0.15, 0.2) is 0 Å². The SMILES string of the molecule is CC(O)CC(CN)(Oc1ccccc1C#N)C(=O)O. The molecule has 0 aliphatic carbocycles. The molecule has 0 fully saturated rings. The molecule has 0 radical (unpaired) electrons. The maximum Gasteiger partial charge on any atom is 0.349 e. The smallest absolute Gasteiger partial charge is 0.349 e. The normalized spacial score (nSPS) is 15.1. The lowest BCUT2D eigenvalue weighted by Crippen LogP contribution is -2.52. The summed E-state index contributed by atoms with van der Waals surface area (Å²) < 4.78 is 5.44. The molecule has 0 saturated heterocycles. The number of carboxylic acids is 1. The van der Waals surface area contributed by atoms with E-state index in [-0.39, 0.29) is 24.3 Å². The Labute approximate surface area is 111 Å². The number of nitrogens with zero attached hydrogens (tertiary/aromatic N) is 1. The maximum absolute atomic E-state index is 11.4. The monoisotopic (exact) mass is 264 g/mol. The Kier molecular flexibility index (Phi) is 4.87. The van der Waals surface area contributed by atoms with Gasteiger partial charge < -0.3 is 20.7 Å². The molecule has 0 spiro atoms. The third kappa shape index (κ3) is 3.44. The predicted octanol–water partition coefficient (Wildman–Crippen LogP) is 0.490. The first-order valence-electron chi connectivity index (χ1n) is 5.75. The molecule has 0 aliphatic heterocycles. The fourth-order valence-corrected chi connectivity index (χ4v) is 1.72. The molecule has 2 unspecified atom stereocenters. The Bertz CT molecular complexity index is 496. The Morgan fingerprint density at radius 1 is 1.58 bits per heavy atom. The van der Waals surface area contributed by atoms with E-state index in [2.05, 4.69) is 0 Å². The molecule has 0 saturated carbocycles. The van der Waals surface area contributed by atoms with E-state index in [1.165, 1.54) is 19.1 Å². The first kappa shape index (κ1) is 15.0. The van der Waals surface area contributed by atoms with Gasteiger partial charge in [0.25, 0.3) is 0 Å². The standard InChI is InChI=1S/C13H16N2O4/c1-9(16)6-13(8-15,12(17)18)19-11-5-3-2-4-10(11)7-14/h2-5,9,16H,6,8,15H2,1H3,(H,17,18). The van der Waals surface area contributed by atoms with Crippen LogP contribution in [0, 0.1) is 11.3 Å². The number of aliphatic hydroxyl groups excluding tert-OH is 1. The van der Waals surface area contributed by atoms with Gasteiger partial charge >= 0.3 is 5.97 Å². The van der Waals surface area contributed by atoms with Crippen LogP contribution < -0.4 is 10.5 Å². The summed E-state index contributed by atoms with van der Waals surface area (Å²) in [6.45, 7) is 1.14. The number of nitrogens with two attached hydrogens (primary N) is 1. The topological polar surface area (TPSA) is 117 Å². The van der Waals surface area contributed by atoms with Crippen LogP contribution in [0.15, 0.2) is 24.3 Å². The van der Waals surface area contributed by atoms with E-state index in [9.17, 15) is 15.0 Å². The lowest BCUT2D eigenvalue weighted by atomic mass is 9.96. The van der Waals surface area contributed by atoms with E-state index in [0.717, 1.165) is 0 Å². The van der Waals surface area contributed by atoms with Gasteiger partial charge in [0, 0.05) is 13.0 Å². The number of hydrogen-bond acceptors (Lipinski definition) is 5.